The summed E-state index contributed by atoms with van der Waals surface area (Å²) in [7, 11) is 0. The highest BCUT2D eigenvalue weighted by Crippen LogP contribution is 2.14. The Balaban J connectivity index is 2.62. The van der Waals surface area contributed by atoms with Gasteiger partial charge in [-0.2, -0.15) is 0 Å². The summed E-state index contributed by atoms with van der Waals surface area (Å²) >= 11 is 7.19. The molecule has 1 amide bonds. The van der Waals surface area contributed by atoms with Crippen molar-refractivity contribution in [2.75, 3.05) is 6.54 Å². The molecule has 0 aliphatic heterocycles. The molecule has 0 bridgehead atoms. The van der Waals surface area contributed by atoms with Gasteiger partial charge in [-0.3, -0.25) is 4.79 Å². The van der Waals surface area contributed by atoms with Gasteiger partial charge in [0.1, 0.15) is 5.01 Å². The second-order valence-electron chi connectivity index (χ2n) is 4.22. The van der Waals surface area contributed by atoms with Gasteiger partial charge in [-0.05, 0) is 20.3 Å². The van der Waals surface area contributed by atoms with Crippen LogP contribution in [-0.4, -0.2) is 28.4 Å². The SMILES string of the molecule is CCCN(C(=O)Cc1nc(CCl)cs1)C(C)C. The Kier molecular flexibility index (Phi) is 5.92. The van der Waals surface area contributed by atoms with Crippen molar-refractivity contribution >= 4 is 28.8 Å². The molecule has 1 aromatic rings. The molecule has 0 saturated heterocycles. The van der Waals surface area contributed by atoms with Gasteiger partial charge in [0, 0.05) is 18.0 Å². The van der Waals surface area contributed by atoms with Crippen LogP contribution in [0.3, 0.4) is 0 Å². The molecular weight excluding hydrogens is 256 g/mol. The predicted octanol–water partition coefficient (Wildman–Crippen LogP) is 3.07. The maximum absolute atomic E-state index is 12.1. The molecule has 1 rings (SSSR count). The Morgan fingerprint density at radius 2 is 2.29 bits per heavy atom. The average molecular weight is 275 g/mol. The Morgan fingerprint density at radius 1 is 1.59 bits per heavy atom. The summed E-state index contributed by atoms with van der Waals surface area (Å²) in [6.07, 6.45) is 1.37. The summed E-state index contributed by atoms with van der Waals surface area (Å²) in [5.41, 5.74) is 0.853. The minimum Gasteiger partial charge on any atom is -0.340 e. The number of hydrogen-bond acceptors (Lipinski definition) is 3. The number of aromatic nitrogens is 1. The first kappa shape index (κ1) is 14.5. The van der Waals surface area contributed by atoms with Crippen molar-refractivity contribution in [3.05, 3.63) is 16.1 Å². The molecule has 1 aromatic heterocycles. The number of rotatable bonds is 6. The highest BCUT2D eigenvalue weighted by molar-refractivity contribution is 7.09. The van der Waals surface area contributed by atoms with Gasteiger partial charge in [-0.25, -0.2) is 4.98 Å². The van der Waals surface area contributed by atoms with Crippen molar-refractivity contribution in [3.63, 3.8) is 0 Å². The molecular formula is C12H19ClN2OS. The maximum atomic E-state index is 12.1. The molecule has 0 aromatic carbocycles. The van der Waals surface area contributed by atoms with Gasteiger partial charge in [-0.15, -0.1) is 22.9 Å². The maximum Gasteiger partial charge on any atom is 0.229 e. The number of hydrogen-bond donors (Lipinski definition) is 0. The molecule has 0 radical (unpaired) electrons. The van der Waals surface area contributed by atoms with E-state index >= 15 is 0 Å². The minimum absolute atomic E-state index is 0.150. The summed E-state index contributed by atoms with van der Waals surface area (Å²) < 4.78 is 0. The van der Waals surface area contributed by atoms with Crippen molar-refractivity contribution in [1.29, 1.82) is 0 Å². The number of carbonyl (C=O) groups is 1. The molecule has 0 atom stereocenters. The van der Waals surface area contributed by atoms with Gasteiger partial charge in [0.25, 0.3) is 0 Å². The molecule has 0 N–H and O–H groups in total. The number of amides is 1. The van der Waals surface area contributed by atoms with Crippen molar-refractivity contribution in [1.82, 2.24) is 9.88 Å². The lowest BCUT2D eigenvalue weighted by Gasteiger charge is -2.25. The topological polar surface area (TPSA) is 33.2 Å². The van der Waals surface area contributed by atoms with Crippen LogP contribution in [0.4, 0.5) is 0 Å². The Morgan fingerprint density at radius 3 is 2.76 bits per heavy atom. The molecule has 0 aliphatic carbocycles. The highest BCUT2D eigenvalue weighted by Gasteiger charge is 2.17. The third-order valence-electron chi connectivity index (χ3n) is 2.45. The first-order chi connectivity index (χ1) is 8.08. The minimum atomic E-state index is 0.150. The van der Waals surface area contributed by atoms with E-state index in [4.69, 9.17) is 11.6 Å². The fraction of sp³-hybridized carbons (Fsp3) is 0.667. The summed E-state index contributed by atoms with van der Waals surface area (Å²) in [6.45, 7) is 6.97. The van der Waals surface area contributed by atoms with Gasteiger partial charge in [0.05, 0.1) is 18.0 Å². The molecule has 1 heterocycles. The largest absolute Gasteiger partial charge is 0.340 e. The van der Waals surface area contributed by atoms with E-state index in [-0.39, 0.29) is 11.9 Å². The number of carbonyl (C=O) groups excluding carboxylic acids is 1. The standard InChI is InChI=1S/C12H19ClN2OS/c1-4-5-15(9(2)3)12(16)6-11-14-10(7-13)8-17-11/h8-9H,4-7H2,1-3H3. The van der Waals surface area contributed by atoms with E-state index in [9.17, 15) is 4.79 Å². The van der Waals surface area contributed by atoms with E-state index in [1.807, 2.05) is 24.1 Å². The molecule has 96 valence electrons. The molecule has 0 saturated carbocycles. The van der Waals surface area contributed by atoms with E-state index in [0.717, 1.165) is 23.7 Å². The van der Waals surface area contributed by atoms with Crippen molar-refractivity contribution in [2.45, 2.75) is 45.5 Å². The van der Waals surface area contributed by atoms with Crippen LogP contribution in [0.25, 0.3) is 0 Å². The second kappa shape index (κ2) is 6.97. The van der Waals surface area contributed by atoms with E-state index in [1.165, 1.54) is 11.3 Å². The Bertz CT molecular complexity index is 365. The zero-order chi connectivity index (χ0) is 12.8. The van der Waals surface area contributed by atoms with Crippen LogP contribution in [0.2, 0.25) is 0 Å². The zero-order valence-electron chi connectivity index (χ0n) is 10.6. The van der Waals surface area contributed by atoms with Gasteiger partial charge in [0.2, 0.25) is 5.91 Å². The smallest absolute Gasteiger partial charge is 0.229 e. The van der Waals surface area contributed by atoms with Gasteiger partial charge < -0.3 is 4.90 Å². The average Bonchev–Trinajstić information content (AvgIpc) is 2.72. The quantitative estimate of drug-likeness (QED) is 0.747. The van der Waals surface area contributed by atoms with E-state index < -0.39 is 0 Å². The monoisotopic (exact) mass is 274 g/mol. The second-order valence-corrected chi connectivity index (χ2v) is 5.43. The Labute approximate surface area is 112 Å². The van der Waals surface area contributed by atoms with Crippen LogP contribution in [0, 0.1) is 0 Å². The molecule has 0 unspecified atom stereocenters. The molecule has 0 fully saturated rings. The number of alkyl halides is 1. The summed E-state index contributed by atoms with van der Waals surface area (Å²) in [5.74, 6) is 0.561. The first-order valence-corrected chi connectivity index (χ1v) is 7.28. The van der Waals surface area contributed by atoms with E-state index in [2.05, 4.69) is 11.9 Å². The highest BCUT2D eigenvalue weighted by atomic mass is 35.5. The van der Waals surface area contributed by atoms with Crippen LogP contribution < -0.4 is 0 Å². The van der Waals surface area contributed by atoms with Gasteiger partial charge >= 0.3 is 0 Å². The zero-order valence-corrected chi connectivity index (χ0v) is 12.1. The molecule has 5 heteroatoms. The summed E-state index contributed by atoms with van der Waals surface area (Å²) in [4.78, 5) is 18.3. The van der Waals surface area contributed by atoms with E-state index in [0.29, 0.717) is 12.3 Å². The lowest BCUT2D eigenvalue weighted by molar-refractivity contribution is -0.132. The number of nitrogens with zero attached hydrogens (tertiary/aromatic N) is 2. The first-order valence-electron chi connectivity index (χ1n) is 5.87. The molecule has 0 spiro atoms. The van der Waals surface area contributed by atoms with Crippen LogP contribution >= 0.6 is 22.9 Å². The van der Waals surface area contributed by atoms with Crippen molar-refractivity contribution in [2.24, 2.45) is 0 Å². The van der Waals surface area contributed by atoms with Crippen molar-refractivity contribution < 1.29 is 4.79 Å². The van der Waals surface area contributed by atoms with Gasteiger partial charge in [-0.1, -0.05) is 6.92 Å². The summed E-state index contributed by atoms with van der Waals surface area (Å²) in [5, 5.41) is 2.77. The van der Waals surface area contributed by atoms with Crippen LogP contribution in [0.15, 0.2) is 5.38 Å². The number of thiazole rings is 1. The Hall–Kier alpha value is -0.610. The third kappa shape index (κ3) is 4.28. The molecule has 17 heavy (non-hydrogen) atoms. The van der Waals surface area contributed by atoms with Gasteiger partial charge in [0.15, 0.2) is 0 Å². The molecule has 3 nitrogen and oxygen atoms in total. The lowest BCUT2D eigenvalue weighted by atomic mass is 10.2. The lowest BCUT2D eigenvalue weighted by Crippen LogP contribution is -2.38. The van der Waals surface area contributed by atoms with E-state index in [1.54, 1.807) is 0 Å². The van der Waals surface area contributed by atoms with Crippen LogP contribution in [-0.2, 0) is 17.1 Å². The molecule has 0 aliphatic rings. The van der Waals surface area contributed by atoms with Crippen molar-refractivity contribution in [3.8, 4) is 0 Å². The summed E-state index contributed by atoms with van der Waals surface area (Å²) in [6, 6.07) is 0.245. The normalized spacial score (nSPS) is 10.9. The fourth-order valence-electron chi connectivity index (χ4n) is 1.63. The van der Waals surface area contributed by atoms with Crippen LogP contribution in [0.1, 0.15) is 37.9 Å². The fourth-order valence-corrected chi connectivity index (χ4v) is 2.65. The van der Waals surface area contributed by atoms with Crippen LogP contribution in [0.5, 0.6) is 0 Å². The number of halogens is 1. The third-order valence-corrected chi connectivity index (χ3v) is 3.62. The predicted molar refractivity (Wildman–Crippen MR) is 72.5 cm³/mol.